The second-order valence-corrected chi connectivity index (χ2v) is 7.47. The monoisotopic (exact) mass is 444 g/mol. The Hall–Kier alpha value is -4.20. The molecule has 1 atom stereocenters. The summed E-state index contributed by atoms with van der Waals surface area (Å²) >= 11 is 0. The molecular weight excluding hydrogens is 420 g/mol. The lowest BCUT2D eigenvalue weighted by Gasteiger charge is -2.15. The number of nitrogens with zero attached hydrogens (tertiary/aromatic N) is 3. The average Bonchev–Trinajstić information content (AvgIpc) is 3.29. The molecule has 8 nitrogen and oxygen atoms in total. The Morgan fingerprint density at radius 1 is 1.12 bits per heavy atom. The first-order chi connectivity index (χ1) is 16.0. The Kier molecular flexibility index (Phi) is 6.64. The van der Waals surface area contributed by atoms with E-state index in [-0.39, 0.29) is 5.91 Å². The molecular formula is C25H24N4O4. The summed E-state index contributed by atoms with van der Waals surface area (Å²) in [6, 6.07) is 16.8. The molecule has 2 aromatic heterocycles. The van der Waals surface area contributed by atoms with Crippen LogP contribution in [0.15, 0.2) is 71.6 Å². The van der Waals surface area contributed by atoms with Crippen molar-refractivity contribution in [3.05, 3.63) is 78.4 Å². The lowest BCUT2D eigenvalue weighted by atomic mass is 10.0. The van der Waals surface area contributed by atoms with Crippen molar-refractivity contribution in [1.82, 2.24) is 20.4 Å². The maximum Gasteiger partial charge on any atom is 0.261 e. The van der Waals surface area contributed by atoms with Gasteiger partial charge >= 0.3 is 0 Å². The highest BCUT2D eigenvalue weighted by atomic mass is 16.5. The van der Waals surface area contributed by atoms with Crippen LogP contribution in [0.2, 0.25) is 0 Å². The summed E-state index contributed by atoms with van der Waals surface area (Å²) in [7, 11) is 1.58. The molecule has 2 heterocycles. The number of carbonyl (C=O) groups is 1. The minimum absolute atomic E-state index is 0.208. The number of benzene rings is 2. The van der Waals surface area contributed by atoms with Gasteiger partial charge in [0, 0.05) is 30.4 Å². The van der Waals surface area contributed by atoms with Gasteiger partial charge in [-0.05, 0) is 31.5 Å². The van der Waals surface area contributed by atoms with Crippen LogP contribution in [0.3, 0.4) is 0 Å². The fraction of sp³-hybridized carbons (Fsp3) is 0.200. The fourth-order valence-corrected chi connectivity index (χ4v) is 3.28. The Bertz CT molecular complexity index is 1240. The van der Waals surface area contributed by atoms with Crippen LogP contribution in [-0.4, -0.2) is 34.2 Å². The zero-order valence-corrected chi connectivity index (χ0v) is 18.6. The standard InChI is InChI=1S/C25H24N4O4/c1-16-11-23(33-29-16)22-14-26-15-28-24(22)19-9-7-18(8-10-19)13-27-25(30)17(2)32-21-6-4-5-20(12-21)31-3/h4-12,14-15,17H,13H2,1-3H3,(H,27,30). The van der Waals surface area contributed by atoms with Gasteiger partial charge in [0.25, 0.3) is 5.91 Å². The highest BCUT2D eigenvalue weighted by Crippen LogP contribution is 2.30. The van der Waals surface area contributed by atoms with Crippen molar-refractivity contribution in [3.63, 3.8) is 0 Å². The van der Waals surface area contributed by atoms with Gasteiger partial charge in [-0.1, -0.05) is 35.5 Å². The fourth-order valence-electron chi connectivity index (χ4n) is 3.28. The molecule has 0 saturated heterocycles. The van der Waals surface area contributed by atoms with E-state index in [0.29, 0.717) is 23.8 Å². The van der Waals surface area contributed by atoms with E-state index in [9.17, 15) is 4.79 Å². The van der Waals surface area contributed by atoms with Crippen LogP contribution in [0.1, 0.15) is 18.2 Å². The molecule has 0 bridgehead atoms. The highest BCUT2D eigenvalue weighted by Gasteiger charge is 2.16. The smallest absolute Gasteiger partial charge is 0.261 e. The van der Waals surface area contributed by atoms with Gasteiger partial charge in [0.1, 0.15) is 17.8 Å². The van der Waals surface area contributed by atoms with Gasteiger partial charge in [0.15, 0.2) is 11.9 Å². The van der Waals surface area contributed by atoms with Gasteiger partial charge in [0.2, 0.25) is 0 Å². The number of rotatable bonds is 8. The first-order valence-corrected chi connectivity index (χ1v) is 10.4. The van der Waals surface area contributed by atoms with Crippen LogP contribution in [-0.2, 0) is 11.3 Å². The van der Waals surface area contributed by atoms with Gasteiger partial charge in [-0.2, -0.15) is 0 Å². The summed E-state index contributed by atoms with van der Waals surface area (Å²) in [4.78, 5) is 21.0. The number of methoxy groups -OCH3 is 1. The highest BCUT2D eigenvalue weighted by molar-refractivity contribution is 5.81. The molecule has 0 aliphatic heterocycles. The van der Waals surface area contributed by atoms with E-state index in [2.05, 4.69) is 20.4 Å². The zero-order valence-electron chi connectivity index (χ0n) is 18.6. The third-order valence-corrected chi connectivity index (χ3v) is 5.02. The number of ether oxygens (including phenoxy) is 2. The van der Waals surface area contributed by atoms with E-state index in [1.807, 2.05) is 49.4 Å². The molecule has 2 aromatic carbocycles. The Morgan fingerprint density at radius 3 is 2.64 bits per heavy atom. The number of hydrogen-bond acceptors (Lipinski definition) is 7. The van der Waals surface area contributed by atoms with Crippen LogP contribution in [0.25, 0.3) is 22.6 Å². The Labute approximate surface area is 191 Å². The molecule has 1 amide bonds. The van der Waals surface area contributed by atoms with Gasteiger partial charge in [-0.15, -0.1) is 0 Å². The van der Waals surface area contributed by atoms with Gasteiger partial charge in [0.05, 0.1) is 24.1 Å². The molecule has 4 rings (SSSR count). The summed E-state index contributed by atoms with van der Waals surface area (Å²) in [5.74, 6) is 1.65. The van der Waals surface area contributed by atoms with E-state index in [1.165, 1.54) is 6.33 Å². The Morgan fingerprint density at radius 2 is 1.91 bits per heavy atom. The number of hydrogen-bond donors (Lipinski definition) is 1. The second-order valence-electron chi connectivity index (χ2n) is 7.47. The van der Waals surface area contributed by atoms with E-state index in [0.717, 1.165) is 28.1 Å². The van der Waals surface area contributed by atoms with E-state index in [4.69, 9.17) is 14.0 Å². The van der Waals surface area contributed by atoms with Gasteiger partial charge in [-0.25, -0.2) is 9.97 Å². The molecule has 168 valence electrons. The van der Waals surface area contributed by atoms with Crippen LogP contribution in [0.5, 0.6) is 11.5 Å². The number of aryl methyl sites for hydroxylation is 1. The third kappa shape index (κ3) is 5.35. The van der Waals surface area contributed by atoms with Crippen LogP contribution in [0, 0.1) is 6.92 Å². The molecule has 0 saturated carbocycles. The molecule has 0 fully saturated rings. The van der Waals surface area contributed by atoms with Crippen molar-refractivity contribution in [2.24, 2.45) is 0 Å². The van der Waals surface area contributed by atoms with Crippen molar-refractivity contribution < 1.29 is 18.8 Å². The maximum atomic E-state index is 12.5. The SMILES string of the molecule is COc1cccc(OC(C)C(=O)NCc2ccc(-c3ncncc3-c3cc(C)no3)cc2)c1. The molecule has 33 heavy (non-hydrogen) atoms. The van der Waals surface area contributed by atoms with Crippen molar-refractivity contribution in [1.29, 1.82) is 0 Å². The molecule has 4 aromatic rings. The predicted molar refractivity (Wildman–Crippen MR) is 123 cm³/mol. The van der Waals surface area contributed by atoms with Crippen LogP contribution in [0.4, 0.5) is 0 Å². The molecule has 0 radical (unpaired) electrons. The zero-order chi connectivity index (χ0) is 23.2. The quantitative estimate of drug-likeness (QED) is 0.435. The summed E-state index contributed by atoms with van der Waals surface area (Å²) < 4.78 is 16.3. The number of amides is 1. The second kappa shape index (κ2) is 9.95. The normalized spacial score (nSPS) is 11.6. The first kappa shape index (κ1) is 22.0. The molecule has 8 heteroatoms. The van der Waals surface area contributed by atoms with Gasteiger partial charge < -0.3 is 19.3 Å². The molecule has 0 spiro atoms. The minimum atomic E-state index is -0.648. The molecule has 0 aliphatic rings. The number of nitrogens with one attached hydrogen (secondary N) is 1. The van der Waals surface area contributed by atoms with Crippen LogP contribution < -0.4 is 14.8 Å². The van der Waals surface area contributed by atoms with Gasteiger partial charge in [-0.3, -0.25) is 4.79 Å². The van der Waals surface area contributed by atoms with E-state index >= 15 is 0 Å². The molecule has 0 aliphatic carbocycles. The molecule has 1 N–H and O–H groups in total. The number of carbonyl (C=O) groups excluding carboxylic acids is 1. The largest absolute Gasteiger partial charge is 0.497 e. The molecule has 1 unspecified atom stereocenters. The summed E-state index contributed by atoms with van der Waals surface area (Å²) in [6.45, 7) is 3.95. The summed E-state index contributed by atoms with van der Waals surface area (Å²) in [5.41, 5.74) is 4.16. The topological polar surface area (TPSA) is 99.4 Å². The Balaban J connectivity index is 1.39. The van der Waals surface area contributed by atoms with E-state index in [1.54, 1.807) is 32.4 Å². The lowest BCUT2D eigenvalue weighted by molar-refractivity contribution is -0.127. The average molecular weight is 444 g/mol. The van der Waals surface area contributed by atoms with Crippen molar-refractivity contribution in [2.75, 3.05) is 7.11 Å². The minimum Gasteiger partial charge on any atom is -0.497 e. The summed E-state index contributed by atoms with van der Waals surface area (Å²) in [6.07, 6.45) is 2.56. The maximum absolute atomic E-state index is 12.5. The predicted octanol–water partition coefficient (Wildman–Crippen LogP) is 4.20. The van der Waals surface area contributed by atoms with Crippen molar-refractivity contribution in [3.8, 4) is 34.1 Å². The van der Waals surface area contributed by atoms with Crippen molar-refractivity contribution >= 4 is 5.91 Å². The third-order valence-electron chi connectivity index (χ3n) is 5.02. The lowest BCUT2D eigenvalue weighted by Crippen LogP contribution is -2.35. The first-order valence-electron chi connectivity index (χ1n) is 10.4. The van der Waals surface area contributed by atoms with E-state index < -0.39 is 6.10 Å². The van der Waals surface area contributed by atoms with Crippen molar-refractivity contribution in [2.45, 2.75) is 26.5 Å². The number of aromatic nitrogens is 3. The van der Waals surface area contributed by atoms with Crippen LogP contribution >= 0.6 is 0 Å². The summed E-state index contributed by atoms with van der Waals surface area (Å²) in [5, 5.41) is 6.85.